The summed E-state index contributed by atoms with van der Waals surface area (Å²) in [5, 5.41) is 7.37. The van der Waals surface area contributed by atoms with Crippen LogP contribution in [0.5, 0.6) is 0 Å². The lowest BCUT2D eigenvalue weighted by atomic mass is 10.2. The van der Waals surface area contributed by atoms with Gasteiger partial charge in [0.25, 0.3) is 10.0 Å². The topological polar surface area (TPSA) is 98.0 Å². The molecule has 0 bridgehead atoms. The lowest BCUT2D eigenvalue weighted by Gasteiger charge is -2.08. The average molecular weight is 270 g/mol. The smallest absolute Gasteiger partial charge is 0.265 e. The molecule has 6 nitrogen and oxygen atoms in total. The van der Waals surface area contributed by atoms with Crippen molar-refractivity contribution in [3.8, 4) is 0 Å². The van der Waals surface area contributed by atoms with Crippen LogP contribution in [0.2, 0.25) is 0 Å². The van der Waals surface area contributed by atoms with E-state index in [1.807, 2.05) is 6.92 Å². The third-order valence-corrected chi connectivity index (χ3v) is 4.19. The van der Waals surface area contributed by atoms with E-state index in [-0.39, 0.29) is 15.7 Å². The number of nitrogens with two attached hydrogens (primary N) is 1. The minimum atomic E-state index is -3.70. The zero-order valence-electron chi connectivity index (χ0n) is 8.91. The molecular formula is C9H10N4O2S2. The van der Waals surface area contributed by atoms with Gasteiger partial charge in [-0.1, -0.05) is 17.4 Å². The Morgan fingerprint density at radius 2 is 2.18 bits per heavy atom. The highest BCUT2D eigenvalue weighted by Crippen LogP contribution is 2.22. The third-order valence-electron chi connectivity index (χ3n) is 2.04. The molecule has 1 aromatic heterocycles. The molecule has 0 unspecified atom stereocenters. The van der Waals surface area contributed by atoms with Crippen LogP contribution in [0.4, 0.5) is 10.8 Å². The zero-order chi connectivity index (χ0) is 12.5. The summed E-state index contributed by atoms with van der Waals surface area (Å²) in [5.41, 5.74) is 8.24. The maximum absolute atomic E-state index is 12.0. The Balaban J connectivity index is 2.38. The largest absolute Gasteiger partial charge is 0.398 e. The number of rotatable bonds is 3. The van der Waals surface area contributed by atoms with E-state index in [1.54, 1.807) is 12.1 Å². The Bertz CT molecular complexity index is 622. The predicted octanol–water partition coefficient (Wildman–Crippen LogP) is 1.23. The van der Waals surface area contributed by atoms with Crippen LogP contribution >= 0.6 is 11.3 Å². The Morgan fingerprint density at radius 3 is 2.76 bits per heavy atom. The van der Waals surface area contributed by atoms with Crippen molar-refractivity contribution in [2.75, 3.05) is 10.5 Å². The summed E-state index contributed by atoms with van der Waals surface area (Å²) in [4.78, 5) is 0.0401. The van der Waals surface area contributed by atoms with Crippen LogP contribution in [0.3, 0.4) is 0 Å². The SMILES string of the molecule is Cc1ccc(S(=O)(=O)Nc2nncs2)c(N)c1. The number of sulfonamides is 1. The van der Waals surface area contributed by atoms with Gasteiger partial charge in [0.15, 0.2) is 0 Å². The highest BCUT2D eigenvalue weighted by molar-refractivity contribution is 7.93. The molecule has 90 valence electrons. The first kappa shape index (κ1) is 11.8. The highest BCUT2D eigenvalue weighted by atomic mass is 32.2. The molecule has 0 aliphatic rings. The second-order valence-electron chi connectivity index (χ2n) is 3.39. The van der Waals surface area contributed by atoms with E-state index in [0.717, 1.165) is 16.9 Å². The summed E-state index contributed by atoms with van der Waals surface area (Å²) in [6, 6.07) is 4.76. The molecule has 0 spiro atoms. The molecule has 0 aliphatic heterocycles. The summed E-state index contributed by atoms with van der Waals surface area (Å²) in [6.45, 7) is 1.84. The molecule has 1 heterocycles. The molecule has 17 heavy (non-hydrogen) atoms. The van der Waals surface area contributed by atoms with Gasteiger partial charge in [0, 0.05) is 0 Å². The summed E-state index contributed by atoms with van der Waals surface area (Å²) >= 11 is 1.10. The summed E-state index contributed by atoms with van der Waals surface area (Å²) in [5.74, 6) is 0. The Labute approximate surface area is 103 Å². The van der Waals surface area contributed by atoms with Crippen molar-refractivity contribution in [3.05, 3.63) is 29.3 Å². The minimum absolute atomic E-state index is 0.0401. The van der Waals surface area contributed by atoms with Crippen molar-refractivity contribution in [1.82, 2.24) is 10.2 Å². The van der Waals surface area contributed by atoms with Gasteiger partial charge in [-0.25, -0.2) is 8.42 Å². The Kier molecular flexibility index (Phi) is 2.99. The van der Waals surface area contributed by atoms with Crippen LogP contribution in [-0.2, 0) is 10.0 Å². The van der Waals surface area contributed by atoms with Crippen molar-refractivity contribution in [1.29, 1.82) is 0 Å². The Hall–Kier alpha value is -1.67. The van der Waals surface area contributed by atoms with Crippen LogP contribution in [0.1, 0.15) is 5.56 Å². The molecule has 0 amide bonds. The number of nitrogen functional groups attached to an aromatic ring is 1. The van der Waals surface area contributed by atoms with E-state index in [4.69, 9.17) is 5.73 Å². The van der Waals surface area contributed by atoms with Crippen LogP contribution < -0.4 is 10.5 Å². The molecule has 3 N–H and O–H groups in total. The lowest BCUT2D eigenvalue weighted by Crippen LogP contribution is -2.14. The molecule has 0 saturated carbocycles. The fraction of sp³-hybridized carbons (Fsp3) is 0.111. The van der Waals surface area contributed by atoms with Crippen LogP contribution in [0.25, 0.3) is 0 Å². The van der Waals surface area contributed by atoms with Gasteiger partial charge in [-0.05, 0) is 24.6 Å². The number of hydrogen-bond donors (Lipinski definition) is 2. The van der Waals surface area contributed by atoms with E-state index < -0.39 is 10.0 Å². The van der Waals surface area contributed by atoms with Crippen molar-refractivity contribution >= 4 is 32.2 Å². The normalized spacial score (nSPS) is 11.4. The summed E-state index contributed by atoms with van der Waals surface area (Å²) in [7, 11) is -3.70. The van der Waals surface area contributed by atoms with Crippen molar-refractivity contribution < 1.29 is 8.42 Å². The molecule has 0 fully saturated rings. The first-order chi connectivity index (χ1) is 7.99. The van der Waals surface area contributed by atoms with Crippen molar-refractivity contribution in [2.45, 2.75) is 11.8 Å². The second-order valence-corrected chi connectivity index (χ2v) is 5.87. The summed E-state index contributed by atoms with van der Waals surface area (Å²) < 4.78 is 26.3. The molecule has 8 heteroatoms. The highest BCUT2D eigenvalue weighted by Gasteiger charge is 2.18. The fourth-order valence-electron chi connectivity index (χ4n) is 1.30. The number of nitrogens with one attached hydrogen (secondary N) is 1. The van der Waals surface area contributed by atoms with Crippen molar-refractivity contribution in [2.24, 2.45) is 0 Å². The molecular weight excluding hydrogens is 260 g/mol. The molecule has 0 radical (unpaired) electrons. The first-order valence-electron chi connectivity index (χ1n) is 4.64. The maximum atomic E-state index is 12.0. The van der Waals surface area contributed by atoms with Gasteiger partial charge >= 0.3 is 0 Å². The lowest BCUT2D eigenvalue weighted by molar-refractivity contribution is 0.601. The molecule has 1 aromatic carbocycles. The maximum Gasteiger partial charge on any atom is 0.265 e. The zero-order valence-corrected chi connectivity index (χ0v) is 10.5. The number of aryl methyl sites for hydroxylation is 1. The monoisotopic (exact) mass is 270 g/mol. The van der Waals surface area contributed by atoms with E-state index >= 15 is 0 Å². The van der Waals surface area contributed by atoms with Crippen LogP contribution in [0, 0.1) is 6.92 Å². The number of benzene rings is 1. The van der Waals surface area contributed by atoms with E-state index in [0.29, 0.717) is 0 Å². The fourth-order valence-corrected chi connectivity index (χ4v) is 3.11. The minimum Gasteiger partial charge on any atom is -0.398 e. The van der Waals surface area contributed by atoms with Crippen LogP contribution in [-0.4, -0.2) is 18.6 Å². The molecule has 2 aromatic rings. The van der Waals surface area contributed by atoms with E-state index in [1.165, 1.54) is 11.6 Å². The first-order valence-corrected chi connectivity index (χ1v) is 7.00. The number of hydrogen-bond acceptors (Lipinski definition) is 6. The van der Waals surface area contributed by atoms with Gasteiger partial charge in [0.05, 0.1) is 5.69 Å². The standard InChI is InChI=1S/C9H10N4O2S2/c1-6-2-3-8(7(10)4-6)17(14,15)13-9-12-11-5-16-9/h2-5H,10H2,1H3,(H,12,13). The molecule has 0 aliphatic carbocycles. The van der Waals surface area contributed by atoms with Crippen molar-refractivity contribution in [3.63, 3.8) is 0 Å². The number of aromatic nitrogens is 2. The second kappa shape index (κ2) is 4.30. The van der Waals surface area contributed by atoms with Gasteiger partial charge < -0.3 is 5.73 Å². The third kappa shape index (κ3) is 2.53. The molecule has 2 rings (SSSR count). The van der Waals surface area contributed by atoms with Gasteiger partial charge in [0.1, 0.15) is 10.4 Å². The molecule has 0 saturated heterocycles. The quantitative estimate of drug-likeness (QED) is 0.817. The summed E-state index contributed by atoms with van der Waals surface area (Å²) in [6.07, 6.45) is 0. The molecule has 0 atom stereocenters. The number of anilines is 2. The van der Waals surface area contributed by atoms with Crippen LogP contribution in [0.15, 0.2) is 28.6 Å². The average Bonchev–Trinajstić information content (AvgIpc) is 2.68. The van der Waals surface area contributed by atoms with E-state index in [9.17, 15) is 8.42 Å². The number of nitrogens with zero attached hydrogens (tertiary/aromatic N) is 2. The van der Waals surface area contributed by atoms with E-state index in [2.05, 4.69) is 14.9 Å². The Morgan fingerprint density at radius 1 is 1.41 bits per heavy atom. The van der Waals surface area contributed by atoms with Gasteiger partial charge in [-0.2, -0.15) is 0 Å². The predicted molar refractivity (Wildman–Crippen MR) is 66.3 cm³/mol. The van der Waals surface area contributed by atoms with Gasteiger partial charge in [-0.15, -0.1) is 10.2 Å². The van der Waals surface area contributed by atoms with Gasteiger partial charge in [-0.3, -0.25) is 4.72 Å². The van der Waals surface area contributed by atoms with Gasteiger partial charge in [0.2, 0.25) is 5.13 Å².